The van der Waals surface area contributed by atoms with Crippen LogP contribution in [0.2, 0.25) is 0 Å². The van der Waals surface area contributed by atoms with Gasteiger partial charge in [-0.25, -0.2) is 14.7 Å². The number of nitrogens with zero attached hydrogens (tertiary/aromatic N) is 3. The van der Waals surface area contributed by atoms with Crippen molar-refractivity contribution in [1.29, 1.82) is 0 Å². The van der Waals surface area contributed by atoms with Crippen LogP contribution in [0.4, 0.5) is 0 Å². The lowest BCUT2D eigenvalue weighted by Crippen LogP contribution is -2.22. The van der Waals surface area contributed by atoms with Gasteiger partial charge in [0.05, 0.1) is 73.7 Å². The molecule has 12 aromatic carbocycles. The minimum absolute atomic E-state index is 0. The second-order valence-corrected chi connectivity index (χ2v) is 40.6. The highest BCUT2D eigenvalue weighted by atomic mass is 35.7. The number of halogens is 2. The lowest BCUT2D eigenvalue weighted by Gasteiger charge is -2.36. The first kappa shape index (κ1) is 92.8. The Bertz CT molecular complexity index is 4840. The molecule has 114 heavy (non-hydrogen) atoms. The highest BCUT2D eigenvalue weighted by Gasteiger charge is 2.47. The fraction of sp³-hybridized carbons (Fsp3) is 0.258. The molecule has 0 unspecified atom stereocenters. The molecule has 606 valence electrons. The van der Waals surface area contributed by atoms with E-state index in [9.17, 15) is 0 Å². The van der Waals surface area contributed by atoms with Crippen molar-refractivity contribution in [3.63, 3.8) is 0 Å². The van der Waals surface area contributed by atoms with Gasteiger partial charge in [0.15, 0.2) is 0 Å². The Labute approximate surface area is 690 Å². The summed E-state index contributed by atoms with van der Waals surface area (Å²) in [5.41, 5.74) is 0. The van der Waals surface area contributed by atoms with Crippen molar-refractivity contribution in [1.82, 2.24) is 14.8 Å². The van der Waals surface area contributed by atoms with Crippen molar-refractivity contribution < 1.29 is 55.6 Å². The van der Waals surface area contributed by atoms with Crippen LogP contribution in [0.5, 0.6) is 69.0 Å². The maximum absolute atomic E-state index is 6.75. The highest BCUT2D eigenvalue weighted by Crippen LogP contribution is 2.80. The second-order valence-electron chi connectivity index (χ2n) is 24.3. The molecular formula is C89H109Cl2N5O12P6. The van der Waals surface area contributed by atoms with Gasteiger partial charge < -0.3 is 60.5 Å². The maximum Gasteiger partial charge on any atom is 0.381 e. The summed E-state index contributed by atoms with van der Waals surface area (Å²) in [5.74, 6) is 9.68. The van der Waals surface area contributed by atoms with Crippen LogP contribution in [0.15, 0.2) is 264 Å². The van der Waals surface area contributed by atoms with Crippen LogP contribution in [-0.2, 0) is 0 Å². The standard InChI is InChI=1S/2C25H23NO4P2.C14H14ClO2P.C11H10NO2P.C6H15N.C4H10.C2H6ClN.2CH4/c1-26-32(23-16-6-4-12-19(23)27-2,24-17-7-5-13-20(24)28-3)31-29-21-14-8-10-18-11-9-15-22(30-31)25(18)21;1-26-32(29-21-14-8-10-18-11-9-15-22(30-32)25(18)21)31(23-16-6-4-12-19(23)27-2)24-17-7-5-13-20(24)28-3;1-16-11-7-3-5-9-13(11)18(15)14-10-6-4-8-12(14)17-2;1-12-15-13-9-6-2-4-8-5-3-7-10(14-15)11(8)9;1-4-7(5-2)6-3;1-3-4-2;1-2-4-3;;/h2*4-17H,1-3H3;3-10H,1-2H3;2-7,12H,1H3;4-6H2,1-3H3;3-4H2,1-2H3;4H,2H2,1H3;2*1H4. The van der Waals surface area contributed by atoms with Crippen molar-refractivity contribution in [2.75, 3.05) is 90.0 Å². The van der Waals surface area contributed by atoms with Gasteiger partial charge in [0, 0.05) is 52.5 Å². The zero-order chi connectivity index (χ0) is 80.0. The van der Waals surface area contributed by atoms with Gasteiger partial charge in [-0.15, -0.1) is 0 Å². The number of rotatable bonds is 20. The number of nitrogens with one attached hydrogen (secondary N) is 2. The van der Waals surface area contributed by atoms with Gasteiger partial charge in [0.1, 0.15) is 75.7 Å². The third-order valence-electron chi connectivity index (χ3n) is 17.9. The Hall–Kier alpha value is -8.34. The van der Waals surface area contributed by atoms with Gasteiger partial charge in [0.2, 0.25) is 0 Å². The van der Waals surface area contributed by atoms with E-state index in [0.717, 1.165) is 140 Å². The predicted octanol–water partition coefficient (Wildman–Crippen LogP) is 24.2. The Kier molecular flexibility index (Phi) is 38.3. The molecule has 25 heteroatoms. The molecule has 17 nitrogen and oxygen atoms in total. The molecule has 0 aliphatic carbocycles. The third kappa shape index (κ3) is 21.8. The van der Waals surface area contributed by atoms with Crippen LogP contribution in [0.1, 0.15) is 69.2 Å². The van der Waals surface area contributed by atoms with Crippen LogP contribution in [0.3, 0.4) is 0 Å². The Morgan fingerprint density at radius 3 is 0.982 bits per heavy atom. The van der Waals surface area contributed by atoms with Crippen molar-refractivity contribution in [3.05, 3.63) is 255 Å². The van der Waals surface area contributed by atoms with E-state index in [1.807, 2.05) is 215 Å². The zero-order valence-electron chi connectivity index (χ0n) is 66.2. The van der Waals surface area contributed by atoms with E-state index >= 15 is 0 Å². The second kappa shape index (κ2) is 47.0. The first-order valence-electron chi connectivity index (χ1n) is 36.8. The van der Waals surface area contributed by atoms with Gasteiger partial charge in [-0.3, -0.25) is 4.74 Å². The summed E-state index contributed by atoms with van der Waals surface area (Å²) in [6.07, 6.45) is 2.64. The molecule has 15 rings (SSSR count). The minimum atomic E-state index is -2.87. The van der Waals surface area contributed by atoms with Gasteiger partial charge in [-0.2, -0.15) is 0 Å². The Morgan fingerprint density at radius 2 is 0.693 bits per heavy atom. The molecule has 0 bridgehead atoms. The van der Waals surface area contributed by atoms with Crippen LogP contribution >= 0.6 is 68.4 Å². The largest absolute Gasteiger partial charge is 0.496 e. The minimum Gasteiger partial charge on any atom is -0.496 e. The van der Waals surface area contributed by atoms with Gasteiger partial charge in [-0.05, 0) is 164 Å². The monoisotopic (exact) mass is 1700 g/mol. The normalized spacial score (nSPS) is 12.4. The first-order valence-corrected chi connectivity index (χ1v) is 47.9. The van der Waals surface area contributed by atoms with Crippen LogP contribution in [0.25, 0.3) is 32.3 Å². The summed E-state index contributed by atoms with van der Waals surface area (Å²) < 4.78 is 81.9. The summed E-state index contributed by atoms with van der Waals surface area (Å²) in [7, 11) is 7.77. The number of hydrogen-bond donors (Lipinski definition) is 2. The molecule has 3 heterocycles. The number of hydrogen-bond acceptors (Lipinski definition) is 17. The van der Waals surface area contributed by atoms with E-state index in [0.29, 0.717) is 0 Å². The van der Waals surface area contributed by atoms with Gasteiger partial charge >= 0.3 is 23.8 Å². The van der Waals surface area contributed by atoms with Crippen molar-refractivity contribution in [3.8, 4) is 69.0 Å². The molecule has 12 aromatic rings. The number of unbranched alkanes of at least 4 members (excludes halogenated alkanes) is 1. The molecule has 0 fully saturated rings. The molecule has 3 aliphatic rings. The molecule has 0 atom stereocenters. The number of ether oxygens (including phenoxy) is 6. The molecule has 0 spiro atoms. The summed E-state index contributed by atoms with van der Waals surface area (Å²) in [4.78, 5) is 4.78. The molecule has 0 aromatic heterocycles. The fourth-order valence-corrected chi connectivity index (χ4v) is 30.2. The molecular weight excluding hydrogens is 1590 g/mol. The quantitative estimate of drug-likeness (QED) is 0.0547. The van der Waals surface area contributed by atoms with Crippen molar-refractivity contribution >= 4 is 133 Å². The zero-order valence-corrected chi connectivity index (χ0v) is 73.0. The highest BCUT2D eigenvalue weighted by molar-refractivity contribution is 8.37. The van der Waals surface area contributed by atoms with E-state index in [4.69, 9.17) is 88.1 Å². The Morgan fingerprint density at radius 1 is 0.404 bits per heavy atom. The molecule has 2 N–H and O–H groups in total. The molecule has 0 saturated carbocycles. The number of benzene rings is 12. The average molecular weight is 1700 g/mol. The summed E-state index contributed by atoms with van der Waals surface area (Å²) in [5, 5.41) is 15.3. The van der Waals surface area contributed by atoms with Gasteiger partial charge in [-0.1, -0.05) is 226 Å². The fourth-order valence-electron chi connectivity index (χ4n) is 12.2. The molecule has 3 aliphatic heterocycles. The topological polar surface area (TPSA) is 163 Å². The SMILES string of the molecule is C.C.CCCC.CCN(CC)CC.CCNCl.CN=P(c1ccccc1OC)(c1ccccc1OC)P1Oc2cccc3cccc(c23)O1.CN=P1(P(c2ccccc2OC)c2ccccc2OC)Oc2cccc3cccc(c23)O1.CNP1Oc2cccc3cccc(c23)O1.COc1ccccc1P(Cl)c1ccccc1OC. The molecule has 0 saturated heterocycles. The predicted molar refractivity (Wildman–Crippen MR) is 492 cm³/mol. The number of para-hydroxylation sites is 6. The average Bonchev–Trinajstić information content (AvgIpc) is 0.731. The van der Waals surface area contributed by atoms with Crippen LogP contribution < -0.4 is 97.3 Å². The summed E-state index contributed by atoms with van der Waals surface area (Å²) in [6, 6.07) is 83.9. The van der Waals surface area contributed by atoms with E-state index in [1.165, 1.54) is 32.5 Å². The smallest absolute Gasteiger partial charge is 0.381 e. The lowest BCUT2D eigenvalue weighted by atomic mass is 10.1. The van der Waals surface area contributed by atoms with E-state index < -0.39 is 45.4 Å². The molecule has 0 radical (unpaired) electrons. The van der Waals surface area contributed by atoms with E-state index in [-0.39, 0.29) is 14.9 Å². The number of methoxy groups -OCH3 is 6. The lowest BCUT2D eigenvalue weighted by molar-refractivity contribution is 0.321. The third-order valence-corrected chi connectivity index (χ3v) is 36.9. The van der Waals surface area contributed by atoms with Gasteiger partial charge in [0.25, 0.3) is 0 Å². The maximum atomic E-state index is 6.75. The van der Waals surface area contributed by atoms with Crippen molar-refractivity contribution in [2.24, 2.45) is 9.49 Å². The Balaban J connectivity index is 0.000000204. The summed E-state index contributed by atoms with van der Waals surface area (Å²) in [6.45, 7) is 14.6. The van der Waals surface area contributed by atoms with Crippen molar-refractivity contribution in [2.45, 2.75) is 69.2 Å². The van der Waals surface area contributed by atoms with E-state index in [1.54, 1.807) is 49.7 Å². The molecule has 0 amide bonds. The van der Waals surface area contributed by atoms with E-state index in [2.05, 4.69) is 110 Å². The summed E-state index contributed by atoms with van der Waals surface area (Å²) >= 11 is 11.5. The van der Waals surface area contributed by atoms with Crippen LogP contribution in [-0.4, -0.2) is 94.9 Å². The first-order chi connectivity index (χ1) is 54.8. The van der Waals surface area contributed by atoms with Crippen LogP contribution in [0, 0.1) is 0 Å².